The van der Waals surface area contributed by atoms with Gasteiger partial charge in [0.05, 0.1) is 0 Å². The highest BCUT2D eigenvalue weighted by atomic mass is 16.1. The largest absolute Gasteiger partial charge is 0.288 e. The van der Waals surface area contributed by atoms with Gasteiger partial charge in [-0.1, -0.05) is 6.58 Å². The zero-order chi connectivity index (χ0) is 8.27. The number of ketones is 1. The Hall–Kier alpha value is -1.38. The molecule has 0 bridgehead atoms. The molecule has 0 spiro atoms. The molecule has 0 saturated carbocycles. The van der Waals surface area contributed by atoms with E-state index < -0.39 is 0 Å². The first-order valence-corrected chi connectivity index (χ1v) is 3.48. The van der Waals surface area contributed by atoms with Gasteiger partial charge in [0.1, 0.15) is 5.69 Å². The molecule has 1 aromatic heterocycles. The molecular formula is C8H10N2O. The Morgan fingerprint density at radius 2 is 2.64 bits per heavy atom. The summed E-state index contributed by atoms with van der Waals surface area (Å²) in [7, 11) is 0. The monoisotopic (exact) mass is 150 g/mol. The molecule has 11 heavy (non-hydrogen) atoms. The van der Waals surface area contributed by atoms with Crippen LogP contribution in [0.4, 0.5) is 0 Å². The Morgan fingerprint density at radius 3 is 3.18 bits per heavy atom. The van der Waals surface area contributed by atoms with Gasteiger partial charge < -0.3 is 0 Å². The Bertz CT molecular complexity index is 275. The van der Waals surface area contributed by atoms with Crippen molar-refractivity contribution in [1.29, 1.82) is 0 Å². The highest BCUT2D eigenvalue weighted by Crippen LogP contribution is 1.99. The Labute approximate surface area is 65.3 Å². The highest BCUT2D eigenvalue weighted by molar-refractivity contribution is 6.02. The van der Waals surface area contributed by atoms with Crippen molar-refractivity contribution in [3.05, 3.63) is 30.6 Å². The summed E-state index contributed by atoms with van der Waals surface area (Å²) in [4.78, 5) is 11.1. The molecule has 0 amide bonds. The molecule has 0 aliphatic rings. The molecule has 1 aromatic rings. The van der Waals surface area contributed by atoms with Crippen LogP contribution >= 0.6 is 0 Å². The fraction of sp³-hybridized carbons (Fsp3) is 0.250. The van der Waals surface area contributed by atoms with Gasteiger partial charge in [-0.2, -0.15) is 5.10 Å². The lowest BCUT2D eigenvalue weighted by Crippen LogP contribution is -2.06. The molecule has 0 aromatic carbocycles. The fourth-order valence-corrected chi connectivity index (χ4v) is 0.899. The van der Waals surface area contributed by atoms with E-state index in [1.54, 1.807) is 16.9 Å². The highest BCUT2D eigenvalue weighted by Gasteiger charge is 2.05. The summed E-state index contributed by atoms with van der Waals surface area (Å²) in [6.07, 6.45) is 2.91. The number of allylic oxidation sites excluding steroid dienone is 1. The van der Waals surface area contributed by atoms with Gasteiger partial charge in [0.15, 0.2) is 0 Å². The first kappa shape index (κ1) is 7.72. The second-order valence-electron chi connectivity index (χ2n) is 2.10. The first-order valence-electron chi connectivity index (χ1n) is 3.48. The molecule has 3 heteroatoms. The lowest BCUT2D eigenvalue weighted by molar-refractivity contribution is 0.103. The molecule has 0 saturated heterocycles. The molecule has 0 fully saturated rings. The Morgan fingerprint density at radius 1 is 1.91 bits per heavy atom. The number of carbonyl (C=O) groups excluding carboxylic acids is 1. The lowest BCUT2D eigenvalue weighted by atomic mass is 10.3. The SMILES string of the molecule is C=CC(=O)c1ccnn1CC. The van der Waals surface area contributed by atoms with Crippen LogP contribution in [0.2, 0.25) is 0 Å². The van der Waals surface area contributed by atoms with Crippen molar-refractivity contribution in [1.82, 2.24) is 9.78 Å². The van der Waals surface area contributed by atoms with E-state index in [9.17, 15) is 4.79 Å². The molecule has 0 aliphatic heterocycles. The average molecular weight is 150 g/mol. The molecule has 3 nitrogen and oxygen atoms in total. The summed E-state index contributed by atoms with van der Waals surface area (Å²) in [5, 5.41) is 3.95. The molecule has 58 valence electrons. The quantitative estimate of drug-likeness (QED) is 0.480. The van der Waals surface area contributed by atoms with Gasteiger partial charge in [0.2, 0.25) is 5.78 Å². The van der Waals surface area contributed by atoms with Gasteiger partial charge in [0.25, 0.3) is 0 Å². The van der Waals surface area contributed by atoms with E-state index in [0.29, 0.717) is 12.2 Å². The topological polar surface area (TPSA) is 34.9 Å². The zero-order valence-electron chi connectivity index (χ0n) is 6.45. The van der Waals surface area contributed by atoms with Crippen molar-refractivity contribution in [2.45, 2.75) is 13.5 Å². The smallest absolute Gasteiger partial charge is 0.203 e. The van der Waals surface area contributed by atoms with Crippen LogP contribution < -0.4 is 0 Å². The molecule has 0 radical (unpaired) electrons. The third-order valence-electron chi connectivity index (χ3n) is 1.45. The van der Waals surface area contributed by atoms with Gasteiger partial charge in [0, 0.05) is 12.7 Å². The molecule has 0 N–H and O–H groups in total. The summed E-state index contributed by atoms with van der Waals surface area (Å²) in [5.74, 6) is -0.0793. The van der Waals surface area contributed by atoms with E-state index in [-0.39, 0.29) is 5.78 Å². The third kappa shape index (κ3) is 1.37. The van der Waals surface area contributed by atoms with Crippen molar-refractivity contribution in [2.24, 2.45) is 0 Å². The first-order chi connectivity index (χ1) is 5.29. The fourth-order valence-electron chi connectivity index (χ4n) is 0.899. The summed E-state index contributed by atoms with van der Waals surface area (Å²) < 4.78 is 1.64. The van der Waals surface area contributed by atoms with Crippen LogP contribution in [0.1, 0.15) is 17.4 Å². The number of hydrogen-bond donors (Lipinski definition) is 0. The van der Waals surface area contributed by atoms with Crippen LogP contribution in [0.15, 0.2) is 24.9 Å². The predicted octanol–water partition coefficient (Wildman–Crippen LogP) is 1.27. The Kier molecular flexibility index (Phi) is 2.21. The zero-order valence-corrected chi connectivity index (χ0v) is 6.45. The van der Waals surface area contributed by atoms with Crippen molar-refractivity contribution >= 4 is 5.78 Å². The maximum absolute atomic E-state index is 11.1. The van der Waals surface area contributed by atoms with Gasteiger partial charge >= 0.3 is 0 Å². The van der Waals surface area contributed by atoms with Crippen molar-refractivity contribution in [3.63, 3.8) is 0 Å². The third-order valence-corrected chi connectivity index (χ3v) is 1.45. The Balaban J connectivity index is 3.01. The van der Waals surface area contributed by atoms with E-state index in [1.807, 2.05) is 6.92 Å². The van der Waals surface area contributed by atoms with Crippen LogP contribution in [0, 0.1) is 0 Å². The lowest BCUT2D eigenvalue weighted by Gasteiger charge is -1.98. The van der Waals surface area contributed by atoms with E-state index in [1.165, 1.54) is 6.08 Å². The number of hydrogen-bond acceptors (Lipinski definition) is 2. The van der Waals surface area contributed by atoms with E-state index in [4.69, 9.17) is 0 Å². The number of aryl methyl sites for hydroxylation is 1. The summed E-state index contributed by atoms with van der Waals surface area (Å²) in [6.45, 7) is 6.05. The normalized spacial score (nSPS) is 9.55. The van der Waals surface area contributed by atoms with Crippen LogP contribution in [0.25, 0.3) is 0 Å². The van der Waals surface area contributed by atoms with Gasteiger partial charge in [-0.15, -0.1) is 0 Å². The van der Waals surface area contributed by atoms with Crippen LogP contribution in [0.5, 0.6) is 0 Å². The molecule has 1 heterocycles. The van der Waals surface area contributed by atoms with E-state index in [2.05, 4.69) is 11.7 Å². The number of aromatic nitrogens is 2. The molecule has 1 rings (SSSR count). The average Bonchev–Trinajstić information content (AvgIpc) is 2.50. The maximum Gasteiger partial charge on any atom is 0.203 e. The number of carbonyl (C=O) groups is 1. The molecular weight excluding hydrogens is 140 g/mol. The number of nitrogens with zero attached hydrogens (tertiary/aromatic N) is 2. The van der Waals surface area contributed by atoms with Crippen molar-refractivity contribution < 1.29 is 4.79 Å². The van der Waals surface area contributed by atoms with Gasteiger partial charge in [-0.25, -0.2) is 0 Å². The molecule has 0 unspecified atom stereocenters. The van der Waals surface area contributed by atoms with Gasteiger partial charge in [-0.05, 0) is 19.1 Å². The standard InChI is InChI=1S/C8H10N2O/c1-3-8(11)7-5-6-9-10(7)4-2/h3,5-6H,1,4H2,2H3. The van der Waals surface area contributed by atoms with Crippen LogP contribution in [-0.2, 0) is 6.54 Å². The van der Waals surface area contributed by atoms with Crippen LogP contribution in [0.3, 0.4) is 0 Å². The molecule has 0 aliphatic carbocycles. The summed E-state index contributed by atoms with van der Waals surface area (Å²) >= 11 is 0. The van der Waals surface area contributed by atoms with Crippen LogP contribution in [-0.4, -0.2) is 15.6 Å². The second-order valence-corrected chi connectivity index (χ2v) is 2.10. The summed E-state index contributed by atoms with van der Waals surface area (Å²) in [5.41, 5.74) is 0.600. The minimum absolute atomic E-state index is 0.0793. The molecule has 0 atom stereocenters. The van der Waals surface area contributed by atoms with E-state index >= 15 is 0 Å². The van der Waals surface area contributed by atoms with Gasteiger partial charge in [-0.3, -0.25) is 9.48 Å². The second kappa shape index (κ2) is 3.14. The minimum Gasteiger partial charge on any atom is -0.288 e. The predicted molar refractivity (Wildman–Crippen MR) is 42.4 cm³/mol. The van der Waals surface area contributed by atoms with Crippen molar-refractivity contribution in [3.8, 4) is 0 Å². The van der Waals surface area contributed by atoms with Crippen molar-refractivity contribution in [2.75, 3.05) is 0 Å². The summed E-state index contributed by atoms with van der Waals surface area (Å²) in [6, 6.07) is 1.69. The van der Waals surface area contributed by atoms with E-state index in [0.717, 1.165) is 0 Å². The minimum atomic E-state index is -0.0793. The number of rotatable bonds is 3. The maximum atomic E-state index is 11.1.